The Hall–Kier alpha value is -3.65. The molecule has 2 aromatic heterocycles. The van der Waals surface area contributed by atoms with Gasteiger partial charge in [0, 0.05) is 23.6 Å². The lowest BCUT2D eigenvalue weighted by atomic mass is 10.1. The van der Waals surface area contributed by atoms with Crippen LogP contribution in [0.1, 0.15) is 20.8 Å². The Morgan fingerprint density at radius 1 is 0.964 bits per heavy atom. The monoisotopic (exact) mass is 397 g/mol. The second-order valence-corrected chi connectivity index (χ2v) is 6.09. The number of carbonyl (C=O) groups is 3. The third kappa shape index (κ3) is 4.74. The third-order valence-electron chi connectivity index (χ3n) is 3.71. The van der Waals surface area contributed by atoms with Crippen LogP contribution in [0.2, 0.25) is 5.02 Å². The maximum atomic E-state index is 12.4. The first-order valence-corrected chi connectivity index (χ1v) is 8.63. The molecule has 1 aromatic carbocycles. The first kappa shape index (κ1) is 19.1. The van der Waals surface area contributed by atoms with Gasteiger partial charge in [-0.3, -0.25) is 30.2 Å². The van der Waals surface area contributed by atoms with Gasteiger partial charge < -0.3 is 9.88 Å². The molecule has 0 unspecified atom stereocenters. The Labute approximate surface area is 165 Å². The molecule has 142 valence electrons. The molecule has 3 amide bonds. The highest BCUT2D eigenvalue weighted by Crippen LogP contribution is 2.14. The van der Waals surface area contributed by atoms with Crippen LogP contribution in [0.4, 0.5) is 0 Å². The highest BCUT2D eigenvalue weighted by atomic mass is 35.5. The zero-order valence-electron chi connectivity index (χ0n) is 14.6. The summed E-state index contributed by atoms with van der Waals surface area (Å²) in [6.45, 7) is -0.341. The molecule has 3 aromatic rings. The van der Waals surface area contributed by atoms with Crippen molar-refractivity contribution in [3.8, 4) is 5.69 Å². The van der Waals surface area contributed by atoms with Crippen molar-refractivity contribution in [3.63, 3.8) is 0 Å². The predicted octanol–water partition coefficient (Wildman–Crippen LogP) is 1.72. The molecule has 0 aliphatic rings. The molecule has 0 saturated heterocycles. The van der Waals surface area contributed by atoms with Gasteiger partial charge in [-0.15, -0.1) is 0 Å². The van der Waals surface area contributed by atoms with Crippen molar-refractivity contribution in [1.82, 2.24) is 25.7 Å². The number of nitrogens with zero attached hydrogens (tertiary/aromatic N) is 2. The summed E-state index contributed by atoms with van der Waals surface area (Å²) in [7, 11) is 0. The molecule has 0 bridgehead atoms. The smallest absolute Gasteiger partial charge is 0.271 e. The number of hydrogen-bond acceptors (Lipinski definition) is 4. The average Bonchev–Trinajstić information content (AvgIpc) is 3.25. The molecular weight excluding hydrogens is 382 g/mol. The molecule has 0 aliphatic heterocycles. The van der Waals surface area contributed by atoms with Crippen LogP contribution in [-0.2, 0) is 4.79 Å². The van der Waals surface area contributed by atoms with Crippen molar-refractivity contribution >= 4 is 29.3 Å². The van der Waals surface area contributed by atoms with Crippen LogP contribution < -0.4 is 16.2 Å². The van der Waals surface area contributed by atoms with E-state index in [2.05, 4.69) is 21.2 Å². The van der Waals surface area contributed by atoms with Crippen molar-refractivity contribution in [2.24, 2.45) is 0 Å². The van der Waals surface area contributed by atoms with Crippen molar-refractivity contribution in [2.75, 3.05) is 6.54 Å². The van der Waals surface area contributed by atoms with Gasteiger partial charge in [0.05, 0.1) is 17.8 Å². The van der Waals surface area contributed by atoms with Gasteiger partial charge in [-0.1, -0.05) is 23.7 Å². The number of rotatable bonds is 5. The van der Waals surface area contributed by atoms with Gasteiger partial charge in [-0.25, -0.2) is 0 Å². The SMILES string of the molecule is O=C(CNC(=O)c1cc(Cl)ccn1)NNC(=O)c1ccccc1-n1cccc1. The van der Waals surface area contributed by atoms with Crippen molar-refractivity contribution < 1.29 is 14.4 Å². The van der Waals surface area contributed by atoms with Gasteiger partial charge in [-0.05, 0) is 36.4 Å². The molecule has 2 heterocycles. The summed E-state index contributed by atoms with van der Waals surface area (Å²) in [6, 6.07) is 13.6. The van der Waals surface area contributed by atoms with Gasteiger partial charge in [0.25, 0.3) is 17.7 Å². The predicted molar refractivity (Wildman–Crippen MR) is 103 cm³/mol. The van der Waals surface area contributed by atoms with Gasteiger partial charge in [-0.2, -0.15) is 0 Å². The van der Waals surface area contributed by atoms with E-state index in [0.717, 1.165) is 0 Å². The molecule has 8 nitrogen and oxygen atoms in total. The molecule has 3 rings (SSSR count). The number of aromatic nitrogens is 2. The fourth-order valence-corrected chi connectivity index (χ4v) is 2.56. The minimum atomic E-state index is -0.595. The summed E-state index contributed by atoms with van der Waals surface area (Å²) in [5.74, 6) is -1.63. The van der Waals surface area contributed by atoms with Gasteiger partial charge >= 0.3 is 0 Å². The Kier molecular flexibility index (Phi) is 6.03. The number of carbonyl (C=O) groups excluding carboxylic acids is 3. The molecule has 0 saturated carbocycles. The highest BCUT2D eigenvalue weighted by molar-refractivity contribution is 6.30. The molecule has 0 aliphatic carbocycles. The van der Waals surface area contributed by atoms with E-state index in [1.165, 1.54) is 18.3 Å². The first-order chi connectivity index (χ1) is 13.5. The van der Waals surface area contributed by atoms with E-state index >= 15 is 0 Å². The van der Waals surface area contributed by atoms with E-state index in [1.54, 1.807) is 22.8 Å². The number of benzene rings is 1. The zero-order valence-corrected chi connectivity index (χ0v) is 15.3. The number of pyridine rings is 1. The summed E-state index contributed by atoms with van der Waals surface area (Å²) in [5.41, 5.74) is 5.73. The van der Waals surface area contributed by atoms with Crippen LogP contribution in [0.3, 0.4) is 0 Å². The standard InChI is InChI=1S/C19H16ClN5O3/c20-13-7-8-21-15(11-13)19(28)22-12-17(26)23-24-18(27)14-5-1-2-6-16(14)25-9-3-4-10-25/h1-11H,12H2,(H,22,28)(H,23,26)(H,24,27). The number of para-hydroxylation sites is 1. The van der Waals surface area contributed by atoms with Crippen molar-refractivity contribution in [2.45, 2.75) is 0 Å². The molecule has 28 heavy (non-hydrogen) atoms. The van der Waals surface area contributed by atoms with Crippen molar-refractivity contribution in [3.05, 3.63) is 83.4 Å². The summed E-state index contributed by atoms with van der Waals surface area (Å²) >= 11 is 5.80. The Morgan fingerprint density at radius 2 is 1.71 bits per heavy atom. The van der Waals surface area contributed by atoms with Crippen LogP contribution in [0.25, 0.3) is 5.69 Å². The fraction of sp³-hybridized carbons (Fsp3) is 0.0526. The van der Waals surface area contributed by atoms with Crippen molar-refractivity contribution in [1.29, 1.82) is 0 Å². The molecule has 0 radical (unpaired) electrons. The van der Waals surface area contributed by atoms with Gasteiger partial charge in [0.15, 0.2) is 0 Å². The van der Waals surface area contributed by atoms with E-state index in [4.69, 9.17) is 11.6 Å². The summed E-state index contributed by atoms with van der Waals surface area (Å²) in [4.78, 5) is 40.1. The first-order valence-electron chi connectivity index (χ1n) is 8.26. The normalized spacial score (nSPS) is 10.2. The average molecular weight is 398 g/mol. The summed E-state index contributed by atoms with van der Waals surface area (Å²) < 4.78 is 1.79. The second kappa shape index (κ2) is 8.83. The van der Waals surface area contributed by atoms with Crippen LogP contribution >= 0.6 is 11.6 Å². The molecule has 0 fully saturated rings. The lowest BCUT2D eigenvalue weighted by Crippen LogP contribution is -2.46. The number of amides is 3. The lowest BCUT2D eigenvalue weighted by Gasteiger charge is -2.12. The Balaban J connectivity index is 1.54. The number of halogens is 1. The van der Waals surface area contributed by atoms with Crippen LogP contribution in [0, 0.1) is 0 Å². The minimum absolute atomic E-state index is 0.0879. The second-order valence-electron chi connectivity index (χ2n) is 5.65. The van der Waals surface area contributed by atoms with Gasteiger partial charge in [0.2, 0.25) is 0 Å². The summed E-state index contributed by atoms with van der Waals surface area (Å²) in [6.07, 6.45) is 5.01. The zero-order chi connectivity index (χ0) is 19.9. The number of nitrogens with one attached hydrogen (secondary N) is 3. The van der Waals surface area contributed by atoms with Crippen LogP contribution in [0.5, 0.6) is 0 Å². The molecule has 3 N–H and O–H groups in total. The van der Waals surface area contributed by atoms with E-state index in [0.29, 0.717) is 16.3 Å². The molecule has 0 spiro atoms. The minimum Gasteiger partial charge on any atom is -0.342 e. The number of hydrazine groups is 1. The fourth-order valence-electron chi connectivity index (χ4n) is 2.40. The third-order valence-corrected chi connectivity index (χ3v) is 3.95. The molecule has 9 heteroatoms. The van der Waals surface area contributed by atoms with E-state index < -0.39 is 17.7 Å². The Bertz CT molecular complexity index is 1000. The topological polar surface area (TPSA) is 105 Å². The van der Waals surface area contributed by atoms with E-state index in [-0.39, 0.29) is 12.2 Å². The van der Waals surface area contributed by atoms with E-state index in [9.17, 15) is 14.4 Å². The highest BCUT2D eigenvalue weighted by Gasteiger charge is 2.14. The maximum absolute atomic E-state index is 12.4. The largest absolute Gasteiger partial charge is 0.342 e. The van der Waals surface area contributed by atoms with Crippen LogP contribution in [-0.4, -0.2) is 33.8 Å². The van der Waals surface area contributed by atoms with Crippen LogP contribution in [0.15, 0.2) is 67.1 Å². The molecule has 0 atom stereocenters. The summed E-state index contributed by atoms with van der Waals surface area (Å²) in [5, 5.41) is 2.76. The Morgan fingerprint density at radius 3 is 2.46 bits per heavy atom. The quantitative estimate of drug-likeness (QED) is 0.570. The number of hydrogen-bond donors (Lipinski definition) is 3. The molecular formula is C19H16ClN5O3. The lowest BCUT2D eigenvalue weighted by molar-refractivity contribution is -0.120. The maximum Gasteiger partial charge on any atom is 0.271 e. The van der Waals surface area contributed by atoms with E-state index in [1.807, 2.05) is 30.6 Å². The van der Waals surface area contributed by atoms with Gasteiger partial charge in [0.1, 0.15) is 5.69 Å².